The number of rotatable bonds is 7. The van der Waals surface area contributed by atoms with Crippen LogP contribution >= 0.6 is 24.0 Å². The quantitative estimate of drug-likeness (QED) is 0.687. The summed E-state index contributed by atoms with van der Waals surface area (Å²) in [4.78, 5) is 14.4. The van der Waals surface area contributed by atoms with Crippen molar-refractivity contribution in [3.05, 3.63) is 40.7 Å². The van der Waals surface area contributed by atoms with E-state index in [1.807, 2.05) is 23.7 Å². The molecule has 3 rings (SSSR count). The van der Waals surface area contributed by atoms with E-state index in [9.17, 15) is 4.79 Å². The Morgan fingerprint density at radius 2 is 2.14 bits per heavy atom. The Kier molecular flexibility index (Phi) is 8.54. The predicted octanol–water partition coefficient (Wildman–Crippen LogP) is 3.13. The van der Waals surface area contributed by atoms with Gasteiger partial charge in [-0.25, -0.2) is 4.68 Å². The summed E-state index contributed by atoms with van der Waals surface area (Å²) in [6, 6.07) is 7.61. The topological polar surface area (TPSA) is 72.3 Å². The Morgan fingerprint density at radius 1 is 1.39 bits per heavy atom. The van der Waals surface area contributed by atoms with Gasteiger partial charge in [0, 0.05) is 18.6 Å². The first-order valence-electron chi connectivity index (χ1n) is 9.32. The Bertz CT molecular complexity index is 777. The molecule has 1 aliphatic heterocycles. The highest BCUT2D eigenvalue weighted by Crippen LogP contribution is 2.21. The summed E-state index contributed by atoms with van der Waals surface area (Å²) in [7, 11) is 1.78. The van der Waals surface area contributed by atoms with Crippen molar-refractivity contribution in [3.8, 4) is 5.75 Å². The maximum absolute atomic E-state index is 12.7. The molecule has 1 aromatic heterocycles. The molecule has 2 heterocycles. The summed E-state index contributed by atoms with van der Waals surface area (Å²) >= 11 is 5.94. The number of nitrogens with one attached hydrogen (secondary N) is 1. The van der Waals surface area contributed by atoms with E-state index in [0.29, 0.717) is 29.9 Å². The van der Waals surface area contributed by atoms with Crippen molar-refractivity contribution in [1.29, 1.82) is 0 Å². The molecular weight excluding hydrogens is 401 g/mol. The highest BCUT2D eigenvalue weighted by Gasteiger charge is 2.24. The largest absolute Gasteiger partial charge is 0.493 e. The lowest BCUT2D eigenvalue weighted by Gasteiger charge is -2.23. The number of halogens is 2. The van der Waals surface area contributed by atoms with Gasteiger partial charge >= 0.3 is 0 Å². The van der Waals surface area contributed by atoms with Crippen molar-refractivity contribution in [2.75, 3.05) is 33.3 Å². The number of ether oxygens (including phenoxy) is 1. The van der Waals surface area contributed by atoms with Gasteiger partial charge in [0.1, 0.15) is 5.75 Å². The molecule has 1 aromatic carbocycles. The third kappa shape index (κ3) is 5.59. The van der Waals surface area contributed by atoms with Gasteiger partial charge < -0.3 is 15.0 Å². The van der Waals surface area contributed by atoms with Crippen molar-refractivity contribution in [1.82, 2.24) is 25.2 Å². The van der Waals surface area contributed by atoms with E-state index in [4.69, 9.17) is 16.3 Å². The summed E-state index contributed by atoms with van der Waals surface area (Å²) in [6.07, 6.45) is 2.74. The van der Waals surface area contributed by atoms with Gasteiger partial charge in [0.15, 0.2) is 5.69 Å². The number of benzene rings is 1. The molecule has 0 aliphatic carbocycles. The molecule has 0 spiro atoms. The predicted molar refractivity (Wildman–Crippen MR) is 112 cm³/mol. The fraction of sp³-hybridized carbons (Fsp3) is 0.526. The number of hydrogen-bond donors (Lipinski definition) is 1. The van der Waals surface area contributed by atoms with E-state index in [-0.39, 0.29) is 18.3 Å². The lowest BCUT2D eigenvalue weighted by atomic mass is 10.1. The van der Waals surface area contributed by atoms with Crippen LogP contribution in [0.5, 0.6) is 5.75 Å². The lowest BCUT2D eigenvalue weighted by Crippen LogP contribution is -2.31. The second-order valence-corrected chi connectivity index (χ2v) is 7.27. The first kappa shape index (κ1) is 22.5. The monoisotopic (exact) mass is 427 g/mol. The van der Waals surface area contributed by atoms with Crippen LogP contribution in [0, 0.1) is 6.92 Å². The van der Waals surface area contributed by atoms with Crippen LogP contribution in [0.1, 0.15) is 41.5 Å². The molecule has 28 heavy (non-hydrogen) atoms. The standard InChI is InChI=1S/C19H26ClN5O2.ClH/c1-14-18(22-23-25(14)16-7-9-21-10-8-16)19(26)24(2)11-4-12-27-17-6-3-5-15(20)13-17;/h3,5-6,13,16,21H,4,7-12H2,1-2H3;1H. The summed E-state index contributed by atoms with van der Waals surface area (Å²) in [5, 5.41) is 12.4. The maximum atomic E-state index is 12.7. The van der Waals surface area contributed by atoms with E-state index in [1.54, 1.807) is 24.1 Å². The number of piperidine rings is 1. The second kappa shape index (κ2) is 10.6. The first-order chi connectivity index (χ1) is 13.1. The molecule has 7 nitrogen and oxygen atoms in total. The number of hydrogen-bond acceptors (Lipinski definition) is 5. The fourth-order valence-corrected chi connectivity index (χ4v) is 3.45. The van der Waals surface area contributed by atoms with Crippen LogP contribution in [0.25, 0.3) is 0 Å². The molecule has 1 aliphatic rings. The Balaban J connectivity index is 0.00000280. The molecule has 0 unspecified atom stereocenters. The molecule has 2 aromatic rings. The minimum Gasteiger partial charge on any atom is -0.493 e. The summed E-state index contributed by atoms with van der Waals surface area (Å²) in [6.45, 7) is 4.96. The molecule has 1 fully saturated rings. The van der Waals surface area contributed by atoms with Gasteiger partial charge in [-0.3, -0.25) is 4.79 Å². The number of nitrogens with zero attached hydrogens (tertiary/aromatic N) is 4. The van der Waals surface area contributed by atoms with Crippen LogP contribution in [0.3, 0.4) is 0 Å². The molecule has 154 valence electrons. The summed E-state index contributed by atoms with van der Waals surface area (Å²) in [5.74, 6) is 0.632. The first-order valence-corrected chi connectivity index (χ1v) is 9.70. The zero-order chi connectivity index (χ0) is 19.2. The van der Waals surface area contributed by atoms with E-state index in [2.05, 4.69) is 15.6 Å². The molecule has 0 saturated carbocycles. The highest BCUT2D eigenvalue weighted by atomic mass is 35.5. The Hall–Kier alpha value is -1.83. The third-order valence-corrected chi connectivity index (χ3v) is 5.07. The van der Waals surface area contributed by atoms with E-state index >= 15 is 0 Å². The number of amides is 1. The maximum Gasteiger partial charge on any atom is 0.276 e. The van der Waals surface area contributed by atoms with Gasteiger partial charge in [0.05, 0.1) is 18.3 Å². The van der Waals surface area contributed by atoms with Crippen LogP contribution in [-0.4, -0.2) is 59.1 Å². The van der Waals surface area contributed by atoms with E-state index in [1.165, 1.54) is 0 Å². The van der Waals surface area contributed by atoms with Crippen molar-refractivity contribution in [2.45, 2.75) is 32.2 Å². The van der Waals surface area contributed by atoms with Gasteiger partial charge in [-0.1, -0.05) is 22.9 Å². The van der Waals surface area contributed by atoms with Gasteiger partial charge in [-0.15, -0.1) is 17.5 Å². The number of carbonyl (C=O) groups is 1. The average Bonchev–Trinajstić information content (AvgIpc) is 3.06. The molecule has 1 amide bonds. The Morgan fingerprint density at radius 3 is 2.86 bits per heavy atom. The zero-order valence-electron chi connectivity index (χ0n) is 16.2. The van der Waals surface area contributed by atoms with Crippen LogP contribution in [-0.2, 0) is 0 Å². The summed E-state index contributed by atoms with van der Waals surface area (Å²) < 4.78 is 7.58. The highest BCUT2D eigenvalue weighted by molar-refractivity contribution is 6.30. The number of carbonyl (C=O) groups excluding carboxylic acids is 1. The van der Waals surface area contributed by atoms with Gasteiger partial charge in [-0.05, 0) is 57.5 Å². The van der Waals surface area contributed by atoms with Gasteiger partial charge in [0.2, 0.25) is 0 Å². The molecule has 0 radical (unpaired) electrons. The van der Waals surface area contributed by atoms with Crippen molar-refractivity contribution in [3.63, 3.8) is 0 Å². The van der Waals surface area contributed by atoms with Crippen molar-refractivity contribution < 1.29 is 9.53 Å². The fourth-order valence-electron chi connectivity index (χ4n) is 3.27. The van der Waals surface area contributed by atoms with Gasteiger partial charge in [-0.2, -0.15) is 0 Å². The normalized spacial score (nSPS) is 14.4. The van der Waals surface area contributed by atoms with E-state index in [0.717, 1.165) is 43.8 Å². The summed E-state index contributed by atoms with van der Waals surface area (Å²) in [5.41, 5.74) is 1.28. The Labute approximate surface area is 176 Å². The van der Waals surface area contributed by atoms with Gasteiger partial charge in [0.25, 0.3) is 5.91 Å². The molecule has 9 heteroatoms. The molecule has 0 atom stereocenters. The zero-order valence-corrected chi connectivity index (χ0v) is 17.8. The molecule has 1 saturated heterocycles. The molecule has 1 N–H and O–H groups in total. The van der Waals surface area contributed by atoms with E-state index < -0.39 is 0 Å². The van der Waals surface area contributed by atoms with Crippen molar-refractivity contribution >= 4 is 29.9 Å². The van der Waals surface area contributed by atoms with Crippen LogP contribution in [0.4, 0.5) is 0 Å². The van der Waals surface area contributed by atoms with Crippen LogP contribution in [0.2, 0.25) is 5.02 Å². The smallest absolute Gasteiger partial charge is 0.276 e. The van der Waals surface area contributed by atoms with Crippen molar-refractivity contribution in [2.24, 2.45) is 0 Å². The van der Waals surface area contributed by atoms with Crippen LogP contribution < -0.4 is 10.1 Å². The molecule has 0 bridgehead atoms. The second-order valence-electron chi connectivity index (χ2n) is 6.84. The lowest BCUT2D eigenvalue weighted by molar-refractivity contribution is 0.0781. The minimum absolute atomic E-state index is 0. The SMILES string of the molecule is Cc1c(C(=O)N(C)CCCOc2cccc(Cl)c2)nnn1C1CCNCC1.Cl. The average molecular weight is 428 g/mol. The van der Waals surface area contributed by atoms with Crippen LogP contribution in [0.15, 0.2) is 24.3 Å². The molecular formula is C19H27Cl2N5O2. The number of aromatic nitrogens is 3. The minimum atomic E-state index is -0.101. The third-order valence-electron chi connectivity index (χ3n) is 4.83.